The third kappa shape index (κ3) is 2.53. The van der Waals surface area contributed by atoms with Gasteiger partial charge in [0.25, 0.3) is 0 Å². The van der Waals surface area contributed by atoms with Crippen LogP contribution in [0.25, 0.3) is 0 Å². The van der Waals surface area contributed by atoms with Crippen molar-refractivity contribution in [1.29, 1.82) is 0 Å². The summed E-state index contributed by atoms with van der Waals surface area (Å²) in [6, 6.07) is 1.53. The lowest BCUT2D eigenvalue weighted by molar-refractivity contribution is 0.555. The first kappa shape index (κ1) is 12.2. The van der Waals surface area contributed by atoms with Gasteiger partial charge in [-0.05, 0) is 28.4 Å². The molecular formula is C11H14BrN5. The lowest BCUT2D eigenvalue weighted by Crippen LogP contribution is -2.19. The van der Waals surface area contributed by atoms with Crippen molar-refractivity contribution in [3.63, 3.8) is 0 Å². The molecule has 0 fully saturated rings. The zero-order chi connectivity index (χ0) is 12.3. The Kier molecular flexibility index (Phi) is 3.86. The molecular weight excluding hydrogens is 282 g/mol. The van der Waals surface area contributed by atoms with E-state index in [1.54, 1.807) is 12.4 Å². The minimum absolute atomic E-state index is 0.290. The molecule has 0 spiro atoms. The summed E-state index contributed by atoms with van der Waals surface area (Å²) in [4.78, 5) is 8.07. The van der Waals surface area contributed by atoms with Crippen molar-refractivity contribution in [2.75, 3.05) is 0 Å². The molecule has 1 unspecified atom stereocenters. The lowest BCUT2D eigenvalue weighted by Gasteiger charge is -2.14. The first-order valence-electron chi connectivity index (χ1n) is 5.46. The van der Waals surface area contributed by atoms with Gasteiger partial charge in [-0.3, -0.25) is 4.68 Å². The average molecular weight is 296 g/mol. The van der Waals surface area contributed by atoms with E-state index < -0.39 is 0 Å². The van der Waals surface area contributed by atoms with Crippen molar-refractivity contribution in [3.05, 3.63) is 40.6 Å². The third-order valence-electron chi connectivity index (χ3n) is 2.49. The number of aromatic nitrogens is 4. The molecule has 17 heavy (non-hydrogen) atoms. The molecule has 1 atom stereocenters. The summed E-state index contributed by atoms with van der Waals surface area (Å²) in [6.07, 6.45) is 5.98. The molecule has 6 heteroatoms. The highest BCUT2D eigenvalue weighted by Gasteiger charge is 2.18. The quantitative estimate of drug-likeness (QED) is 0.935. The van der Waals surface area contributed by atoms with Crippen LogP contribution in [0.1, 0.15) is 30.8 Å². The standard InChI is InChI=1S/C11H14BrN5/c1-2-5-17-11(8(12)6-16-17)10(13)9-3-4-14-7-15-9/h3-4,6-7,10H,2,5,13H2,1H3. The Bertz CT molecular complexity index is 482. The van der Waals surface area contributed by atoms with E-state index in [9.17, 15) is 0 Å². The van der Waals surface area contributed by atoms with Crippen molar-refractivity contribution >= 4 is 15.9 Å². The summed E-state index contributed by atoms with van der Waals surface area (Å²) in [5.74, 6) is 0. The van der Waals surface area contributed by atoms with Crippen LogP contribution in [0, 0.1) is 0 Å². The Balaban J connectivity index is 2.36. The molecule has 5 nitrogen and oxygen atoms in total. The fourth-order valence-corrected chi connectivity index (χ4v) is 2.24. The normalized spacial score (nSPS) is 12.6. The van der Waals surface area contributed by atoms with Gasteiger partial charge in [0, 0.05) is 12.7 Å². The van der Waals surface area contributed by atoms with E-state index in [4.69, 9.17) is 5.73 Å². The maximum atomic E-state index is 6.21. The molecule has 0 saturated heterocycles. The second kappa shape index (κ2) is 5.37. The first-order valence-corrected chi connectivity index (χ1v) is 6.26. The van der Waals surface area contributed by atoms with Gasteiger partial charge in [-0.1, -0.05) is 6.92 Å². The summed E-state index contributed by atoms with van der Waals surface area (Å²) < 4.78 is 2.83. The summed E-state index contributed by atoms with van der Waals surface area (Å²) in [7, 11) is 0. The number of rotatable bonds is 4. The highest BCUT2D eigenvalue weighted by molar-refractivity contribution is 9.10. The highest BCUT2D eigenvalue weighted by atomic mass is 79.9. The van der Waals surface area contributed by atoms with Crippen LogP contribution in [0.15, 0.2) is 29.3 Å². The van der Waals surface area contributed by atoms with E-state index in [1.165, 1.54) is 6.33 Å². The molecule has 0 aliphatic rings. The van der Waals surface area contributed by atoms with E-state index >= 15 is 0 Å². The summed E-state index contributed by atoms with van der Waals surface area (Å²) >= 11 is 3.48. The molecule has 0 bridgehead atoms. The molecule has 2 aromatic rings. The van der Waals surface area contributed by atoms with Crippen LogP contribution in [-0.4, -0.2) is 19.7 Å². The molecule has 0 aliphatic heterocycles. The minimum Gasteiger partial charge on any atom is -0.318 e. The van der Waals surface area contributed by atoms with Crippen molar-refractivity contribution in [2.24, 2.45) is 5.73 Å². The zero-order valence-corrected chi connectivity index (χ0v) is 11.1. The molecule has 0 radical (unpaired) electrons. The fraction of sp³-hybridized carbons (Fsp3) is 0.364. The Hall–Kier alpha value is -1.27. The van der Waals surface area contributed by atoms with E-state index in [2.05, 4.69) is 37.9 Å². The minimum atomic E-state index is -0.290. The highest BCUT2D eigenvalue weighted by Crippen LogP contribution is 2.25. The van der Waals surface area contributed by atoms with Gasteiger partial charge in [0.1, 0.15) is 6.33 Å². The van der Waals surface area contributed by atoms with Crippen LogP contribution in [-0.2, 0) is 6.54 Å². The van der Waals surface area contributed by atoms with Gasteiger partial charge in [0.05, 0.1) is 28.1 Å². The first-order chi connectivity index (χ1) is 8.24. The van der Waals surface area contributed by atoms with Gasteiger partial charge < -0.3 is 5.73 Å². The maximum absolute atomic E-state index is 6.21. The Morgan fingerprint density at radius 1 is 1.53 bits per heavy atom. The number of halogens is 1. The summed E-state index contributed by atoms with van der Waals surface area (Å²) in [5, 5.41) is 4.30. The van der Waals surface area contributed by atoms with E-state index in [-0.39, 0.29) is 6.04 Å². The lowest BCUT2D eigenvalue weighted by atomic mass is 10.1. The van der Waals surface area contributed by atoms with Gasteiger partial charge in [-0.2, -0.15) is 5.10 Å². The largest absolute Gasteiger partial charge is 0.318 e. The van der Waals surface area contributed by atoms with Crippen LogP contribution in [0.3, 0.4) is 0 Å². The second-order valence-corrected chi connectivity index (χ2v) is 4.57. The van der Waals surface area contributed by atoms with Crippen LogP contribution in [0.2, 0.25) is 0 Å². The van der Waals surface area contributed by atoms with Crippen molar-refractivity contribution in [3.8, 4) is 0 Å². The SMILES string of the molecule is CCCn1ncc(Br)c1C(N)c1ccncn1. The smallest absolute Gasteiger partial charge is 0.115 e. The second-order valence-electron chi connectivity index (χ2n) is 3.71. The Morgan fingerprint density at radius 3 is 3.00 bits per heavy atom. The van der Waals surface area contributed by atoms with E-state index in [1.807, 2.05) is 10.7 Å². The molecule has 2 rings (SSSR count). The fourth-order valence-electron chi connectivity index (χ4n) is 1.70. The average Bonchev–Trinajstić information content (AvgIpc) is 2.71. The van der Waals surface area contributed by atoms with E-state index in [0.717, 1.165) is 28.8 Å². The summed E-state index contributed by atoms with van der Waals surface area (Å²) in [5.41, 5.74) is 7.95. The Morgan fingerprint density at radius 2 is 2.35 bits per heavy atom. The van der Waals surface area contributed by atoms with Crippen molar-refractivity contribution < 1.29 is 0 Å². The molecule has 2 N–H and O–H groups in total. The van der Waals surface area contributed by atoms with Gasteiger partial charge >= 0.3 is 0 Å². The van der Waals surface area contributed by atoms with Crippen LogP contribution in [0.4, 0.5) is 0 Å². The summed E-state index contributed by atoms with van der Waals surface area (Å²) in [6.45, 7) is 2.95. The molecule has 0 aliphatic carbocycles. The molecule has 0 saturated carbocycles. The van der Waals surface area contributed by atoms with E-state index in [0.29, 0.717) is 0 Å². The molecule has 0 aromatic carbocycles. The van der Waals surface area contributed by atoms with Crippen LogP contribution in [0.5, 0.6) is 0 Å². The predicted octanol–water partition coefficient (Wildman–Crippen LogP) is 1.89. The predicted molar refractivity (Wildman–Crippen MR) is 68.3 cm³/mol. The van der Waals surface area contributed by atoms with Crippen molar-refractivity contribution in [1.82, 2.24) is 19.7 Å². The van der Waals surface area contributed by atoms with Gasteiger partial charge in [-0.25, -0.2) is 9.97 Å². The monoisotopic (exact) mass is 295 g/mol. The molecule has 90 valence electrons. The number of hydrogen-bond donors (Lipinski definition) is 1. The number of aryl methyl sites for hydroxylation is 1. The topological polar surface area (TPSA) is 69.6 Å². The molecule has 2 heterocycles. The van der Waals surface area contributed by atoms with Crippen molar-refractivity contribution in [2.45, 2.75) is 25.9 Å². The zero-order valence-electron chi connectivity index (χ0n) is 9.55. The molecule has 2 aromatic heterocycles. The molecule has 0 amide bonds. The van der Waals surface area contributed by atoms with Gasteiger partial charge in [0.15, 0.2) is 0 Å². The van der Waals surface area contributed by atoms with Crippen LogP contribution < -0.4 is 5.73 Å². The Labute approximate surface area is 108 Å². The van der Waals surface area contributed by atoms with Crippen LogP contribution >= 0.6 is 15.9 Å². The maximum Gasteiger partial charge on any atom is 0.115 e. The third-order valence-corrected chi connectivity index (χ3v) is 3.10. The number of nitrogens with two attached hydrogens (primary N) is 1. The number of nitrogens with zero attached hydrogens (tertiary/aromatic N) is 4. The van der Waals surface area contributed by atoms with Gasteiger partial charge in [-0.15, -0.1) is 0 Å². The number of hydrogen-bond acceptors (Lipinski definition) is 4. The van der Waals surface area contributed by atoms with Gasteiger partial charge in [0.2, 0.25) is 0 Å².